The molecule has 4 nitrogen and oxygen atoms in total. The smallest absolute Gasteiger partial charge is 0.0763 e. The molecule has 5 heteroatoms. The highest BCUT2D eigenvalue weighted by Gasteiger charge is 2.10. The van der Waals surface area contributed by atoms with Gasteiger partial charge in [-0.15, -0.1) is 0 Å². The molecule has 1 aromatic rings. The van der Waals surface area contributed by atoms with Crippen LogP contribution < -0.4 is 11.1 Å². The van der Waals surface area contributed by atoms with Crippen molar-refractivity contribution in [3.63, 3.8) is 0 Å². The molecule has 1 heterocycles. The Labute approximate surface area is 107 Å². The Bertz CT molecular complexity index is 347. The number of ether oxygens (including phenoxy) is 1. The van der Waals surface area contributed by atoms with Crippen LogP contribution in [0.1, 0.15) is 0 Å². The van der Waals surface area contributed by atoms with Gasteiger partial charge in [0.1, 0.15) is 0 Å². The van der Waals surface area contributed by atoms with Crippen molar-refractivity contribution in [2.75, 3.05) is 50.4 Å². The second-order valence-corrected chi connectivity index (χ2v) is 4.49. The molecule has 3 N–H and O–H groups in total. The largest absolute Gasteiger partial charge is 0.397 e. The summed E-state index contributed by atoms with van der Waals surface area (Å²) < 4.78 is 5.30. The minimum absolute atomic E-state index is 0.673. The van der Waals surface area contributed by atoms with Crippen LogP contribution in [0.15, 0.2) is 18.2 Å². The summed E-state index contributed by atoms with van der Waals surface area (Å²) in [6.45, 7) is 5.48. The molecule has 0 saturated carbocycles. The van der Waals surface area contributed by atoms with Crippen LogP contribution in [0.2, 0.25) is 5.02 Å². The number of morpholine rings is 1. The summed E-state index contributed by atoms with van der Waals surface area (Å²) in [4.78, 5) is 2.36. The standard InChI is InChI=1S/C12H18ClN3O/c13-10-2-1-3-11(14)12(10)15-4-5-16-6-8-17-9-7-16/h1-3,15H,4-9,14H2. The van der Waals surface area contributed by atoms with Crippen molar-refractivity contribution in [1.29, 1.82) is 0 Å². The van der Waals surface area contributed by atoms with E-state index in [1.54, 1.807) is 0 Å². The molecule has 94 valence electrons. The molecule has 0 amide bonds. The number of hydrogen-bond acceptors (Lipinski definition) is 4. The van der Waals surface area contributed by atoms with Crippen LogP contribution in [0, 0.1) is 0 Å². The number of nitrogens with two attached hydrogens (primary N) is 1. The fourth-order valence-electron chi connectivity index (χ4n) is 1.89. The molecule has 1 fully saturated rings. The van der Waals surface area contributed by atoms with Crippen LogP contribution in [0.4, 0.5) is 11.4 Å². The van der Waals surface area contributed by atoms with Gasteiger partial charge >= 0.3 is 0 Å². The van der Waals surface area contributed by atoms with Gasteiger partial charge in [0.15, 0.2) is 0 Å². The number of hydrogen-bond donors (Lipinski definition) is 2. The first-order valence-corrected chi connectivity index (χ1v) is 6.23. The molecular weight excluding hydrogens is 238 g/mol. The van der Waals surface area contributed by atoms with E-state index in [9.17, 15) is 0 Å². The Kier molecular flexibility index (Phi) is 4.48. The van der Waals surface area contributed by atoms with Gasteiger partial charge in [0.2, 0.25) is 0 Å². The minimum Gasteiger partial charge on any atom is -0.397 e. The van der Waals surface area contributed by atoms with E-state index in [1.807, 2.05) is 18.2 Å². The second-order valence-electron chi connectivity index (χ2n) is 4.08. The summed E-state index contributed by atoms with van der Waals surface area (Å²) >= 11 is 6.07. The lowest BCUT2D eigenvalue weighted by Gasteiger charge is -2.26. The van der Waals surface area contributed by atoms with Gasteiger partial charge in [-0.25, -0.2) is 0 Å². The summed E-state index contributed by atoms with van der Waals surface area (Å²) in [7, 11) is 0. The van der Waals surface area contributed by atoms with Crippen molar-refractivity contribution >= 4 is 23.0 Å². The topological polar surface area (TPSA) is 50.5 Å². The number of para-hydroxylation sites is 1. The van der Waals surface area contributed by atoms with Crippen molar-refractivity contribution < 1.29 is 4.74 Å². The molecular formula is C12H18ClN3O. The van der Waals surface area contributed by atoms with Gasteiger partial charge < -0.3 is 15.8 Å². The number of halogens is 1. The van der Waals surface area contributed by atoms with Gasteiger partial charge in [-0.3, -0.25) is 4.90 Å². The maximum absolute atomic E-state index is 6.07. The zero-order valence-electron chi connectivity index (χ0n) is 9.79. The average molecular weight is 256 g/mol. The van der Waals surface area contributed by atoms with Gasteiger partial charge in [-0.1, -0.05) is 17.7 Å². The maximum atomic E-state index is 6.07. The van der Waals surface area contributed by atoms with E-state index in [-0.39, 0.29) is 0 Å². The third kappa shape index (κ3) is 3.49. The number of benzene rings is 1. The molecule has 0 spiro atoms. The summed E-state index contributed by atoms with van der Waals surface area (Å²) in [6, 6.07) is 5.54. The Balaban J connectivity index is 1.81. The predicted octanol–water partition coefficient (Wildman–Crippen LogP) is 1.67. The minimum atomic E-state index is 0.673. The quantitative estimate of drug-likeness (QED) is 0.804. The van der Waals surface area contributed by atoms with Gasteiger partial charge in [-0.2, -0.15) is 0 Å². The summed E-state index contributed by atoms with van der Waals surface area (Å²) in [6.07, 6.45) is 0. The van der Waals surface area contributed by atoms with Crippen LogP contribution in [0.25, 0.3) is 0 Å². The monoisotopic (exact) mass is 255 g/mol. The molecule has 0 aromatic heterocycles. The molecule has 0 unspecified atom stereocenters. The number of rotatable bonds is 4. The molecule has 1 saturated heterocycles. The third-order valence-electron chi connectivity index (χ3n) is 2.88. The Morgan fingerprint density at radius 3 is 2.82 bits per heavy atom. The molecule has 0 radical (unpaired) electrons. The number of nitrogens with zero attached hydrogens (tertiary/aromatic N) is 1. The van der Waals surface area contributed by atoms with Crippen molar-refractivity contribution in [3.05, 3.63) is 23.2 Å². The lowest BCUT2D eigenvalue weighted by molar-refractivity contribution is 0.0398. The second kappa shape index (κ2) is 6.10. The zero-order chi connectivity index (χ0) is 12.1. The van der Waals surface area contributed by atoms with Crippen LogP contribution in [0.5, 0.6) is 0 Å². The highest BCUT2D eigenvalue weighted by atomic mass is 35.5. The van der Waals surface area contributed by atoms with Gasteiger partial charge in [0, 0.05) is 26.2 Å². The highest BCUT2D eigenvalue weighted by molar-refractivity contribution is 6.33. The Hall–Kier alpha value is -0.970. The van der Waals surface area contributed by atoms with E-state index < -0.39 is 0 Å². The molecule has 0 atom stereocenters. The van der Waals surface area contributed by atoms with Crippen LogP contribution in [-0.2, 0) is 4.74 Å². The van der Waals surface area contributed by atoms with E-state index >= 15 is 0 Å². The van der Waals surface area contributed by atoms with Gasteiger partial charge in [-0.05, 0) is 12.1 Å². The lowest BCUT2D eigenvalue weighted by atomic mass is 10.2. The lowest BCUT2D eigenvalue weighted by Crippen LogP contribution is -2.39. The van der Waals surface area contributed by atoms with Crippen molar-refractivity contribution in [2.24, 2.45) is 0 Å². The molecule has 1 aliphatic heterocycles. The van der Waals surface area contributed by atoms with Crippen LogP contribution >= 0.6 is 11.6 Å². The van der Waals surface area contributed by atoms with Crippen molar-refractivity contribution in [3.8, 4) is 0 Å². The molecule has 1 aliphatic rings. The first-order valence-electron chi connectivity index (χ1n) is 5.85. The van der Waals surface area contributed by atoms with Crippen molar-refractivity contribution in [2.45, 2.75) is 0 Å². The first kappa shape index (κ1) is 12.5. The van der Waals surface area contributed by atoms with E-state index in [4.69, 9.17) is 22.1 Å². The van der Waals surface area contributed by atoms with Gasteiger partial charge in [0.25, 0.3) is 0 Å². The molecule has 0 bridgehead atoms. The summed E-state index contributed by atoms with van der Waals surface area (Å²) in [5.74, 6) is 0. The first-order chi connectivity index (χ1) is 8.27. The summed E-state index contributed by atoms with van der Waals surface area (Å²) in [5.41, 5.74) is 7.39. The fraction of sp³-hybridized carbons (Fsp3) is 0.500. The predicted molar refractivity (Wildman–Crippen MR) is 71.6 cm³/mol. The molecule has 1 aromatic carbocycles. The van der Waals surface area contributed by atoms with E-state index in [1.165, 1.54) is 0 Å². The average Bonchev–Trinajstić information content (AvgIpc) is 2.34. The molecule has 17 heavy (non-hydrogen) atoms. The fourth-order valence-corrected chi connectivity index (χ4v) is 2.14. The van der Waals surface area contributed by atoms with E-state index in [0.717, 1.165) is 45.1 Å². The third-order valence-corrected chi connectivity index (χ3v) is 3.19. The van der Waals surface area contributed by atoms with E-state index in [0.29, 0.717) is 10.7 Å². The number of nitrogen functional groups attached to an aromatic ring is 1. The van der Waals surface area contributed by atoms with Crippen LogP contribution in [0.3, 0.4) is 0 Å². The Morgan fingerprint density at radius 2 is 2.12 bits per heavy atom. The highest BCUT2D eigenvalue weighted by Crippen LogP contribution is 2.27. The normalized spacial score (nSPS) is 17.0. The Morgan fingerprint density at radius 1 is 1.35 bits per heavy atom. The molecule has 2 rings (SSSR count). The van der Waals surface area contributed by atoms with Gasteiger partial charge in [0.05, 0.1) is 29.6 Å². The number of anilines is 2. The van der Waals surface area contributed by atoms with E-state index in [2.05, 4.69) is 10.2 Å². The SMILES string of the molecule is Nc1cccc(Cl)c1NCCN1CCOCC1. The van der Waals surface area contributed by atoms with Crippen molar-refractivity contribution in [1.82, 2.24) is 4.90 Å². The number of nitrogens with one attached hydrogen (secondary N) is 1. The maximum Gasteiger partial charge on any atom is 0.0763 e. The van der Waals surface area contributed by atoms with Crippen LogP contribution in [-0.4, -0.2) is 44.3 Å². The summed E-state index contributed by atoms with van der Waals surface area (Å²) in [5, 5.41) is 3.96. The molecule has 0 aliphatic carbocycles. The zero-order valence-corrected chi connectivity index (χ0v) is 10.5.